The highest BCUT2D eigenvalue weighted by Gasteiger charge is 2.06. The van der Waals surface area contributed by atoms with E-state index in [-0.39, 0.29) is 0 Å². The van der Waals surface area contributed by atoms with Gasteiger partial charge in [0.25, 0.3) is 0 Å². The summed E-state index contributed by atoms with van der Waals surface area (Å²) in [6, 6.07) is 7.29. The minimum absolute atomic E-state index is 0.560. The van der Waals surface area contributed by atoms with Gasteiger partial charge in [0, 0.05) is 12.6 Å². The predicted octanol–water partition coefficient (Wildman–Crippen LogP) is 3.17. The number of likely N-dealkylation sites (N-methyl/N-ethyl adjacent to an activating group) is 1. The summed E-state index contributed by atoms with van der Waals surface area (Å²) in [4.78, 5) is 2.47. The highest BCUT2D eigenvalue weighted by Crippen LogP contribution is 2.10. The van der Waals surface area contributed by atoms with Crippen LogP contribution in [0.5, 0.6) is 0 Å². The monoisotopic (exact) mass is 262 g/mol. The lowest BCUT2D eigenvalue weighted by molar-refractivity contribution is 0.272. The third-order valence-corrected chi connectivity index (χ3v) is 3.82. The highest BCUT2D eigenvalue weighted by atomic mass is 15.1. The van der Waals surface area contributed by atoms with Crippen LogP contribution in [0.25, 0.3) is 0 Å². The fourth-order valence-corrected chi connectivity index (χ4v) is 2.46. The van der Waals surface area contributed by atoms with Crippen LogP contribution in [-0.2, 0) is 6.42 Å². The van der Waals surface area contributed by atoms with Crippen LogP contribution in [-0.4, -0.2) is 37.1 Å². The summed E-state index contributed by atoms with van der Waals surface area (Å²) in [7, 11) is 0. The molecule has 0 saturated carbocycles. The fourth-order valence-electron chi connectivity index (χ4n) is 2.46. The molecule has 19 heavy (non-hydrogen) atoms. The molecule has 0 heterocycles. The van der Waals surface area contributed by atoms with Crippen LogP contribution >= 0.6 is 0 Å². The van der Waals surface area contributed by atoms with Gasteiger partial charge in [-0.2, -0.15) is 0 Å². The second-order valence-corrected chi connectivity index (χ2v) is 5.52. The van der Waals surface area contributed by atoms with Gasteiger partial charge in [0.1, 0.15) is 0 Å². The quantitative estimate of drug-likeness (QED) is 0.774. The first-order valence-electron chi connectivity index (χ1n) is 7.58. The predicted molar refractivity (Wildman–Crippen MR) is 84.9 cm³/mol. The summed E-state index contributed by atoms with van der Waals surface area (Å²) in [6.07, 6.45) is 1.12. The SMILES string of the molecule is CCN(CC)CC(C)NCCc1cc(C)ccc1C. The van der Waals surface area contributed by atoms with E-state index in [0.29, 0.717) is 6.04 Å². The smallest absolute Gasteiger partial charge is 0.0166 e. The molecule has 2 nitrogen and oxygen atoms in total. The number of nitrogens with one attached hydrogen (secondary N) is 1. The molecule has 0 aliphatic heterocycles. The molecule has 1 N–H and O–H groups in total. The van der Waals surface area contributed by atoms with Crippen LogP contribution in [0.2, 0.25) is 0 Å². The molecular weight excluding hydrogens is 232 g/mol. The number of hydrogen-bond acceptors (Lipinski definition) is 2. The number of hydrogen-bond donors (Lipinski definition) is 1. The van der Waals surface area contributed by atoms with Crippen molar-refractivity contribution in [3.05, 3.63) is 34.9 Å². The van der Waals surface area contributed by atoms with Gasteiger partial charge in [-0.15, -0.1) is 0 Å². The van der Waals surface area contributed by atoms with Crippen LogP contribution < -0.4 is 5.32 Å². The van der Waals surface area contributed by atoms with Crippen LogP contribution in [0.15, 0.2) is 18.2 Å². The molecule has 0 fully saturated rings. The Balaban J connectivity index is 2.35. The molecule has 1 aromatic carbocycles. The standard InChI is InChI=1S/C17H30N2/c1-6-19(7-2)13-16(5)18-11-10-17-12-14(3)8-9-15(17)4/h8-9,12,16,18H,6-7,10-11,13H2,1-5H3. The Hall–Kier alpha value is -0.860. The van der Waals surface area contributed by atoms with E-state index in [0.717, 1.165) is 32.6 Å². The van der Waals surface area contributed by atoms with Crippen molar-refractivity contribution in [2.24, 2.45) is 0 Å². The fraction of sp³-hybridized carbons (Fsp3) is 0.647. The Kier molecular flexibility index (Phi) is 7.11. The van der Waals surface area contributed by atoms with Gasteiger partial charge in [-0.3, -0.25) is 0 Å². The lowest BCUT2D eigenvalue weighted by atomic mass is 10.0. The van der Waals surface area contributed by atoms with Crippen molar-refractivity contribution >= 4 is 0 Å². The molecule has 0 aliphatic carbocycles. The summed E-state index contributed by atoms with van der Waals surface area (Å²) in [6.45, 7) is 15.6. The lowest BCUT2D eigenvalue weighted by Gasteiger charge is -2.23. The van der Waals surface area contributed by atoms with Crippen molar-refractivity contribution in [2.45, 2.75) is 47.1 Å². The minimum Gasteiger partial charge on any atom is -0.313 e. The number of benzene rings is 1. The first-order valence-corrected chi connectivity index (χ1v) is 7.58. The Morgan fingerprint density at radius 2 is 1.84 bits per heavy atom. The molecular formula is C17H30N2. The maximum atomic E-state index is 3.64. The zero-order chi connectivity index (χ0) is 14.3. The minimum atomic E-state index is 0.560. The number of nitrogens with zero attached hydrogens (tertiary/aromatic N) is 1. The van der Waals surface area contributed by atoms with Crippen molar-refractivity contribution in [3.63, 3.8) is 0 Å². The molecule has 1 atom stereocenters. The van der Waals surface area contributed by atoms with E-state index in [1.54, 1.807) is 0 Å². The van der Waals surface area contributed by atoms with Gasteiger partial charge >= 0.3 is 0 Å². The van der Waals surface area contributed by atoms with E-state index in [1.165, 1.54) is 16.7 Å². The van der Waals surface area contributed by atoms with E-state index in [9.17, 15) is 0 Å². The summed E-state index contributed by atoms with van der Waals surface area (Å²) < 4.78 is 0. The molecule has 0 saturated heterocycles. The van der Waals surface area contributed by atoms with Gasteiger partial charge < -0.3 is 10.2 Å². The third-order valence-electron chi connectivity index (χ3n) is 3.82. The van der Waals surface area contributed by atoms with Crippen LogP contribution in [0.4, 0.5) is 0 Å². The second kappa shape index (κ2) is 8.34. The molecule has 108 valence electrons. The Labute approximate surface area is 119 Å². The van der Waals surface area contributed by atoms with Gasteiger partial charge in [-0.05, 0) is 58.0 Å². The zero-order valence-corrected chi connectivity index (χ0v) is 13.3. The summed E-state index contributed by atoms with van der Waals surface area (Å²) in [5, 5.41) is 3.64. The first kappa shape index (κ1) is 16.2. The molecule has 0 aliphatic rings. The molecule has 1 aromatic rings. The topological polar surface area (TPSA) is 15.3 Å². The largest absolute Gasteiger partial charge is 0.313 e. The molecule has 0 bridgehead atoms. The number of rotatable bonds is 8. The van der Waals surface area contributed by atoms with Crippen molar-refractivity contribution in [3.8, 4) is 0 Å². The Morgan fingerprint density at radius 3 is 2.47 bits per heavy atom. The highest BCUT2D eigenvalue weighted by molar-refractivity contribution is 5.30. The first-order chi connectivity index (χ1) is 9.06. The molecule has 0 aromatic heterocycles. The average molecular weight is 262 g/mol. The van der Waals surface area contributed by atoms with Crippen LogP contribution in [0, 0.1) is 13.8 Å². The molecule has 2 heteroatoms. The number of aryl methyl sites for hydroxylation is 2. The molecule has 0 radical (unpaired) electrons. The van der Waals surface area contributed by atoms with E-state index in [4.69, 9.17) is 0 Å². The maximum Gasteiger partial charge on any atom is 0.0166 e. The van der Waals surface area contributed by atoms with E-state index in [2.05, 4.69) is 63.0 Å². The van der Waals surface area contributed by atoms with E-state index < -0.39 is 0 Å². The molecule has 1 rings (SSSR count). The van der Waals surface area contributed by atoms with Gasteiger partial charge in [0.2, 0.25) is 0 Å². The summed E-state index contributed by atoms with van der Waals surface area (Å²) >= 11 is 0. The van der Waals surface area contributed by atoms with Crippen molar-refractivity contribution in [2.75, 3.05) is 26.2 Å². The average Bonchev–Trinajstić information content (AvgIpc) is 2.40. The summed E-state index contributed by atoms with van der Waals surface area (Å²) in [5.74, 6) is 0. The van der Waals surface area contributed by atoms with Crippen molar-refractivity contribution in [1.82, 2.24) is 10.2 Å². The van der Waals surface area contributed by atoms with Crippen molar-refractivity contribution < 1.29 is 0 Å². The van der Waals surface area contributed by atoms with Crippen LogP contribution in [0.1, 0.15) is 37.5 Å². The van der Waals surface area contributed by atoms with Gasteiger partial charge in [-0.1, -0.05) is 37.6 Å². The van der Waals surface area contributed by atoms with Gasteiger partial charge in [0.15, 0.2) is 0 Å². The van der Waals surface area contributed by atoms with Crippen molar-refractivity contribution in [1.29, 1.82) is 0 Å². The molecule has 0 spiro atoms. The Bertz CT molecular complexity index is 370. The lowest BCUT2D eigenvalue weighted by Crippen LogP contribution is -2.39. The zero-order valence-electron chi connectivity index (χ0n) is 13.3. The van der Waals surface area contributed by atoms with Gasteiger partial charge in [-0.25, -0.2) is 0 Å². The normalized spacial score (nSPS) is 12.9. The Morgan fingerprint density at radius 1 is 1.16 bits per heavy atom. The van der Waals surface area contributed by atoms with E-state index >= 15 is 0 Å². The molecule has 1 unspecified atom stereocenters. The van der Waals surface area contributed by atoms with E-state index in [1.807, 2.05) is 0 Å². The third kappa shape index (κ3) is 5.75. The van der Waals surface area contributed by atoms with Gasteiger partial charge in [0.05, 0.1) is 0 Å². The second-order valence-electron chi connectivity index (χ2n) is 5.52. The van der Waals surface area contributed by atoms with Crippen LogP contribution in [0.3, 0.4) is 0 Å². The molecule has 0 amide bonds. The summed E-state index contributed by atoms with van der Waals surface area (Å²) in [5.41, 5.74) is 4.24. The maximum absolute atomic E-state index is 3.64.